The maximum absolute atomic E-state index is 11.6. The molecule has 0 aromatic rings. The van der Waals surface area contributed by atoms with Crippen molar-refractivity contribution in [2.24, 2.45) is 5.16 Å². The summed E-state index contributed by atoms with van der Waals surface area (Å²) in [7, 11) is 1.54. The molecule has 8 heteroatoms. The van der Waals surface area contributed by atoms with Gasteiger partial charge in [0, 0.05) is 20.5 Å². The van der Waals surface area contributed by atoms with E-state index in [2.05, 4.69) is 5.16 Å². The smallest absolute Gasteiger partial charge is 0.296 e. The first-order chi connectivity index (χ1) is 8.92. The minimum absolute atomic E-state index is 0.0955. The summed E-state index contributed by atoms with van der Waals surface area (Å²) < 4.78 is 2.77. The maximum atomic E-state index is 11.6. The molecule has 0 aliphatic heterocycles. The Hall–Kier alpha value is -0.890. The quantitative estimate of drug-likeness (QED) is 0.248. The summed E-state index contributed by atoms with van der Waals surface area (Å²) >= 11 is 2.42. The Bertz CT molecular complexity index is 337. The molecule has 0 bridgehead atoms. The fraction of sp³-hybridized carbons (Fsp3) is 0.727. The van der Waals surface area contributed by atoms with E-state index in [1.54, 1.807) is 14.0 Å². The van der Waals surface area contributed by atoms with Crippen molar-refractivity contribution in [3.63, 3.8) is 0 Å². The van der Waals surface area contributed by atoms with Crippen molar-refractivity contribution >= 4 is 40.9 Å². The van der Waals surface area contributed by atoms with E-state index >= 15 is 0 Å². The van der Waals surface area contributed by atoms with Gasteiger partial charge in [-0.1, -0.05) is 18.5 Å². The summed E-state index contributed by atoms with van der Waals surface area (Å²) in [6.07, 6.45) is 3.10. The Kier molecular flexibility index (Phi) is 9.50. The Morgan fingerprint density at radius 3 is 2.42 bits per heavy atom. The number of oxime groups is 1. The zero-order valence-electron chi connectivity index (χ0n) is 12.0. The molecule has 0 aliphatic rings. The average molecular weight is 307 g/mol. The summed E-state index contributed by atoms with van der Waals surface area (Å²) in [4.78, 5) is 27.8. The molecule has 0 aromatic heterocycles. The number of amides is 2. The number of hydrogen-bond donors (Lipinski definition) is 0. The molecule has 0 rings (SSSR count). The molecule has 0 fully saturated rings. The number of rotatable bonds is 6. The Morgan fingerprint density at radius 1 is 1.32 bits per heavy atom. The highest BCUT2D eigenvalue weighted by molar-refractivity contribution is 8.13. The number of hydrogen-bond acceptors (Lipinski definition) is 6. The van der Waals surface area contributed by atoms with Gasteiger partial charge in [0.05, 0.1) is 12.1 Å². The van der Waals surface area contributed by atoms with Crippen LogP contribution in [0.4, 0.5) is 4.79 Å². The molecular formula is C11H21N3O3S2. The van der Waals surface area contributed by atoms with E-state index < -0.39 is 6.09 Å². The third-order valence-electron chi connectivity index (χ3n) is 2.09. The molecule has 0 saturated carbocycles. The Labute approximate surface area is 123 Å². The summed E-state index contributed by atoms with van der Waals surface area (Å²) in [5, 5.41) is 4.30. The van der Waals surface area contributed by atoms with Gasteiger partial charge in [-0.3, -0.25) is 13.9 Å². The van der Waals surface area contributed by atoms with Crippen molar-refractivity contribution in [2.75, 3.05) is 19.8 Å². The van der Waals surface area contributed by atoms with Crippen molar-refractivity contribution < 1.29 is 14.4 Å². The lowest BCUT2D eigenvalue weighted by Gasteiger charge is -2.23. The summed E-state index contributed by atoms with van der Waals surface area (Å²) in [6.45, 7) is 5.86. The van der Waals surface area contributed by atoms with Gasteiger partial charge in [0.1, 0.15) is 5.04 Å². The van der Waals surface area contributed by atoms with Gasteiger partial charge in [0.2, 0.25) is 5.91 Å². The monoisotopic (exact) mass is 307 g/mol. The predicted octanol–water partition coefficient (Wildman–Crippen LogP) is 2.96. The number of thioether (sulfide) groups is 1. The molecule has 0 N–H and O–H groups in total. The van der Waals surface area contributed by atoms with E-state index in [1.807, 2.05) is 13.2 Å². The first-order valence-electron chi connectivity index (χ1n) is 5.91. The second-order valence-corrected chi connectivity index (χ2v) is 5.88. The second-order valence-electron chi connectivity index (χ2n) is 3.73. The highest BCUT2D eigenvalue weighted by Gasteiger charge is 2.18. The average Bonchev–Trinajstić information content (AvgIpc) is 2.39. The molecule has 0 aromatic carbocycles. The van der Waals surface area contributed by atoms with Gasteiger partial charge < -0.3 is 0 Å². The van der Waals surface area contributed by atoms with E-state index in [4.69, 9.17) is 4.84 Å². The van der Waals surface area contributed by atoms with Crippen LogP contribution in [0.5, 0.6) is 0 Å². The summed E-state index contributed by atoms with van der Waals surface area (Å²) in [5.74, 6) is -0.0955. The summed E-state index contributed by atoms with van der Waals surface area (Å²) in [5.41, 5.74) is 0. The topological polar surface area (TPSA) is 62.2 Å². The van der Waals surface area contributed by atoms with Crippen LogP contribution in [0.1, 0.15) is 33.6 Å². The highest BCUT2D eigenvalue weighted by atomic mass is 32.2. The number of nitrogens with zero attached hydrogens (tertiary/aromatic N) is 3. The van der Waals surface area contributed by atoms with Gasteiger partial charge in [0.15, 0.2) is 0 Å². The van der Waals surface area contributed by atoms with Crippen molar-refractivity contribution in [1.82, 2.24) is 8.61 Å². The second kappa shape index (κ2) is 9.96. The van der Waals surface area contributed by atoms with E-state index in [0.29, 0.717) is 11.6 Å². The molecule has 6 nitrogen and oxygen atoms in total. The molecule has 0 radical (unpaired) electrons. The van der Waals surface area contributed by atoms with E-state index in [0.717, 1.165) is 25.0 Å². The van der Waals surface area contributed by atoms with Crippen LogP contribution in [-0.4, -0.2) is 45.5 Å². The van der Waals surface area contributed by atoms with Crippen LogP contribution in [0.3, 0.4) is 0 Å². The molecule has 0 heterocycles. The fourth-order valence-electron chi connectivity index (χ4n) is 0.937. The molecule has 2 amide bonds. The third kappa shape index (κ3) is 7.99. The van der Waals surface area contributed by atoms with Crippen LogP contribution in [0.25, 0.3) is 0 Å². The molecule has 0 atom stereocenters. The number of carbonyl (C=O) groups excluding carboxylic acids is 2. The molecular weight excluding hydrogens is 286 g/mol. The Balaban J connectivity index is 4.34. The zero-order valence-corrected chi connectivity index (χ0v) is 13.6. The number of carbonyl (C=O) groups is 2. The highest BCUT2D eigenvalue weighted by Crippen LogP contribution is 2.17. The van der Waals surface area contributed by atoms with Crippen LogP contribution in [0.15, 0.2) is 5.16 Å². The standard InChI is InChI=1S/C11H21N3O3S2/c1-6-7-8-14(10(3)15)19-13(4)11(16)17-12-9(2)18-5/h6-8H2,1-5H3/b12-9+. The van der Waals surface area contributed by atoms with E-state index in [9.17, 15) is 9.59 Å². The zero-order chi connectivity index (χ0) is 14.8. The van der Waals surface area contributed by atoms with Gasteiger partial charge in [-0.15, -0.1) is 11.8 Å². The fourth-order valence-corrected chi connectivity index (χ4v) is 1.77. The normalized spacial score (nSPS) is 11.1. The predicted molar refractivity (Wildman–Crippen MR) is 80.8 cm³/mol. The largest absolute Gasteiger partial charge is 0.447 e. The lowest BCUT2D eigenvalue weighted by molar-refractivity contribution is -0.123. The first-order valence-corrected chi connectivity index (χ1v) is 7.87. The minimum Gasteiger partial charge on any atom is -0.296 e. The number of unbranched alkanes of at least 4 members (excludes halogenated alkanes) is 1. The lowest BCUT2D eigenvalue weighted by atomic mass is 10.3. The van der Waals surface area contributed by atoms with Gasteiger partial charge >= 0.3 is 6.09 Å². The molecule has 0 unspecified atom stereocenters. The van der Waals surface area contributed by atoms with Crippen LogP contribution in [-0.2, 0) is 9.63 Å². The SMILES string of the molecule is CCCCN(SN(C)C(=O)O/N=C(\C)SC)C(C)=O. The van der Waals surface area contributed by atoms with Gasteiger partial charge in [0.25, 0.3) is 0 Å². The van der Waals surface area contributed by atoms with Gasteiger partial charge in [-0.05, 0) is 19.6 Å². The lowest BCUT2D eigenvalue weighted by Crippen LogP contribution is -2.30. The molecule has 0 spiro atoms. The minimum atomic E-state index is -0.610. The molecule has 110 valence electrons. The third-order valence-corrected chi connectivity index (χ3v) is 3.79. The van der Waals surface area contributed by atoms with E-state index in [-0.39, 0.29) is 5.91 Å². The molecule has 0 saturated heterocycles. The van der Waals surface area contributed by atoms with Crippen LogP contribution < -0.4 is 0 Å². The van der Waals surface area contributed by atoms with E-state index in [1.165, 1.54) is 27.3 Å². The molecule has 19 heavy (non-hydrogen) atoms. The van der Waals surface area contributed by atoms with Crippen LogP contribution in [0.2, 0.25) is 0 Å². The maximum Gasteiger partial charge on any atom is 0.447 e. The van der Waals surface area contributed by atoms with Crippen LogP contribution >= 0.6 is 23.9 Å². The van der Waals surface area contributed by atoms with Crippen molar-refractivity contribution in [1.29, 1.82) is 0 Å². The first kappa shape index (κ1) is 18.1. The van der Waals surface area contributed by atoms with Crippen molar-refractivity contribution in [3.8, 4) is 0 Å². The van der Waals surface area contributed by atoms with Crippen LogP contribution in [0, 0.1) is 0 Å². The van der Waals surface area contributed by atoms with Crippen molar-refractivity contribution in [2.45, 2.75) is 33.6 Å². The van der Waals surface area contributed by atoms with Gasteiger partial charge in [-0.2, -0.15) is 0 Å². The summed E-state index contributed by atoms with van der Waals surface area (Å²) in [6, 6.07) is 0. The van der Waals surface area contributed by atoms with Crippen molar-refractivity contribution in [3.05, 3.63) is 0 Å². The Morgan fingerprint density at radius 2 is 1.95 bits per heavy atom. The molecule has 0 aliphatic carbocycles. The van der Waals surface area contributed by atoms with Gasteiger partial charge in [-0.25, -0.2) is 9.10 Å².